The average molecular weight is 309 g/mol. The maximum Gasteiger partial charge on any atom is 0.253 e. The number of anilines is 1. The number of hydrogen-bond donors (Lipinski definition) is 2. The van der Waals surface area contributed by atoms with Gasteiger partial charge in [0.2, 0.25) is 0 Å². The topological polar surface area (TPSA) is 41.1 Å². The van der Waals surface area contributed by atoms with Crippen LogP contribution in [-0.2, 0) is 0 Å². The van der Waals surface area contributed by atoms with Crippen LogP contribution in [0.25, 0.3) is 0 Å². The summed E-state index contributed by atoms with van der Waals surface area (Å²) in [7, 11) is 0. The van der Waals surface area contributed by atoms with Gasteiger partial charge in [-0.2, -0.15) is 0 Å². The summed E-state index contributed by atoms with van der Waals surface area (Å²) in [6.07, 6.45) is 0. The maximum atomic E-state index is 12.4. The highest BCUT2D eigenvalue weighted by molar-refractivity contribution is 6.31. The largest absolute Gasteiger partial charge is 0.385 e. The molecule has 21 heavy (non-hydrogen) atoms. The lowest BCUT2D eigenvalue weighted by Gasteiger charge is -2.12. The molecule has 2 N–H and O–H groups in total. The molecule has 1 fully saturated rings. The van der Waals surface area contributed by atoms with Gasteiger partial charge in [0.1, 0.15) is 0 Å². The fourth-order valence-electron chi connectivity index (χ4n) is 3.18. The zero-order valence-corrected chi connectivity index (χ0v) is 14.3. The molecule has 0 bridgehead atoms. The third-order valence-corrected chi connectivity index (χ3v) is 5.61. The number of carbonyl (C=O) groups excluding carboxylic acids is 1. The van der Waals surface area contributed by atoms with Gasteiger partial charge in [0, 0.05) is 23.8 Å². The standard InChI is InChI=1S/C17H25ClN2O/c1-6-19-13-8-7-11(18)9-12(13)15(21)20-10-14-16(2,3)17(14,4)5/h7-9,14,19H,6,10H2,1-5H3,(H,20,21). The van der Waals surface area contributed by atoms with Crippen LogP contribution in [0.15, 0.2) is 18.2 Å². The molecule has 1 amide bonds. The van der Waals surface area contributed by atoms with Crippen molar-refractivity contribution >= 4 is 23.2 Å². The Hall–Kier alpha value is -1.22. The van der Waals surface area contributed by atoms with Crippen LogP contribution in [0, 0.1) is 16.7 Å². The summed E-state index contributed by atoms with van der Waals surface area (Å²) in [5.74, 6) is 0.447. The summed E-state index contributed by atoms with van der Waals surface area (Å²) >= 11 is 6.02. The van der Waals surface area contributed by atoms with E-state index in [2.05, 4.69) is 38.3 Å². The van der Waals surface area contributed by atoms with Crippen LogP contribution in [0.4, 0.5) is 5.69 Å². The van der Waals surface area contributed by atoms with Gasteiger partial charge in [-0.3, -0.25) is 4.79 Å². The molecule has 0 radical (unpaired) electrons. The normalized spacial score (nSPS) is 19.1. The molecule has 0 aromatic heterocycles. The predicted molar refractivity (Wildman–Crippen MR) is 89.0 cm³/mol. The Morgan fingerprint density at radius 1 is 1.24 bits per heavy atom. The van der Waals surface area contributed by atoms with Crippen molar-refractivity contribution in [2.45, 2.75) is 34.6 Å². The summed E-state index contributed by atoms with van der Waals surface area (Å²) in [5, 5.41) is 6.84. The Kier molecular flexibility index (Phi) is 4.25. The van der Waals surface area contributed by atoms with E-state index < -0.39 is 0 Å². The van der Waals surface area contributed by atoms with Gasteiger partial charge in [-0.25, -0.2) is 0 Å². The molecular formula is C17H25ClN2O. The van der Waals surface area contributed by atoms with E-state index in [9.17, 15) is 4.79 Å². The lowest BCUT2D eigenvalue weighted by molar-refractivity contribution is 0.0950. The van der Waals surface area contributed by atoms with E-state index in [1.807, 2.05) is 13.0 Å². The molecule has 3 nitrogen and oxygen atoms in total. The van der Waals surface area contributed by atoms with Crippen LogP contribution >= 0.6 is 11.6 Å². The van der Waals surface area contributed by atoms with E-state index in [1.165, 1.54) is 0 Å². The van der Waals surface area contributed by atoms with E-state index in [0.29, 0.717) is 23.0 Å². The van der Waals surface area contributed by atoms with Crippen molar-refractivity contribution in [2.75, 3.05) is 18.4 Å². The molecule has 1 aliphatic carbocycles. The minimum Gasteiger partial charge on any atom is -0.385 e. The zero-order chi connectivity index (χ0) is 15.8. The molecule has 0 heterocycles. The summed E-state index contributed by atoms with van der Waals surface area (Å²) in [5.41, 5.74) is 1.99. The van der Waals surface area contributed by atoms with Gasteiger partial charge in [0.05, 0.1) is 5.56 Å². The van der Waals surface area contributed by atoms with E-state index in [-0.39, 0.29) is 16.7 Å². The van der Waals surface area contributed by atoms with E-state index in [0.717, 1.165) is 12.2 Å². The van der Waals surface area contributed by atoms with Crippen LogP contribution in [0.1, 0.15) is 45.0 Å². The average Bonchev–Trinajstić information content (AvgIpc) is 2.79. The Balaban J connectivity index is 2.06. The highest BCUT2D eigenvalue weighted by Crippen LogP contribution is 2.67. The second-order valence-corrected chi connectivity index (χ2v) is 7.36. The second-order valence-electron chi connectivity index (χ2n) is 6.93. The Labute approximate surface area is 132 Å². The van der Waals surface area contributed by atoms with Crippen molar-refractivity contribution in [3.05, 3.63) is 28.8 Å². The molecule has 1 aromatic rings. The molecule has 2 rings (SSSR count). The van der Waals surface area contributed by atoms with Crippen molar-refractivity contribution in [1.29, 1.82) is 0 Å². The first-order chi connectivity index (χ1) is 9.71. The minimum atomic E-state index is -0.0630. The number of benzene rings is 1. The molecule has 1 saturated carbocycles. The number of hydrogen-bond acceptors (Lipinski definition) is 2. The maximum absolute atomic E-state index is 12.4. The number of halogens is 1. The Morgan fingerprint density at radius 2 is 1.86 bits per heavy atom. The van der Waals surface area contributed by atoms with Gasteiger partial charge in [0.15, 0.2) is 0 Å². The van der Waals surface area contributed by atoms with Crippen LogP contribution in [0.2, 0.25) is 5.02 Å². The molecule has 4 heteroatoms. The van der Waals surface area contributed by atoms with Crippen molar-refractivity contribution in [2.24, 2.45) is 16.7 Å². The van der Waals surface area contributed by atoms with Crippen LogP contribution in [0.3, 0.4) is 0 Å². The fourth-order valence-corrected chi connectivity index (χ4v) is 3.35. The third-order valence-electron chi connectivity index (χ3n) is 5.38. The molecule has 0 unspecified atom stereocenters. The SMILES string of the molecule is CCNc1ccc(Cl)cc1C(=O)NCC1C(C)(C)C1(C)C. The summed E-state index contributed by atoms with van der Waals surface area (Å²) in [6, 6.07) is 5.37. The number of nitrogens with one attached hydrogen (secondary N) is 2. The summed E-state index contributed by atoms with van der Waals surface area (Å²) in [6.45, 7) is 12.5. The lowest BCUT2D eigenvalue weighted by atomic mass is 10.0. The molecule has 0 atom stereocenters. The first-order valence-corrected chi connectivity index (χ1v) is 7.91. The Morgan fingerprint density at radius 3 is 2.38 bits per heavy atom. The molecular weight excluding hydrogens is 284 g/mol. The summed E-state index contributed by atoms with van der Waals surface area (Å²) in [4.78, 5) is 12.4. The van der Waals surface area contributed by atoms with Crippen molar-refractivity contribution in [3.8, 4) is 0 Å². The monoisotopic (exact) mass is 308 g/mol. The first-order valence-electron chi connectivity index (χ1n) is 7.53. The van der Waals surface area contributed by atoms with Crippen LogP contribution < -0.4 is 10.6 Å². The first kappa shape index (κ1) is 16.2. The van der Waals surface area contributed by atoms with Crippen LogP contribution in [0.5, 0.6) is 0 Å². The van der Waals surface area contributed by atoms with Gasteiger partial charge in [-0.1, -0.05) is 39.3 Å². The highest BCUT2D eigenvalue weighted by atomic mass is 35.5. The highest BCUT2D eigenvalue weighted by Gasteiger charge is 2.64. The van der Waals surface area contributed by atoms with E-state index >= 15 is 0 Å². The number of rotatable bonds is 5. The summed E-state index contributed by atoms with van der Waals surface area (Å²) < 4.78 is 0. The molecule has 1 aromatic carbocycles. The zero-order valence-electron chi connectivity index (χ0n) is 13.5. The van der Waals surface area contributed by atoms with Gasteiger partial charge >= 0.3 is 0 Å². The van der Waals surface area contributed by atoms with Gasteiger partial charge in [-0.15, -0.1) is 0 Å². The van der Waals surface area contributed by atoms with Crippen LogP contribution in [-0.4, -0.2) is 19.0 Å². The molecule has 116 valence electrons. The predicted octanol–water partition coefficient (Wildman–Crippen LogP) is 4.18. The van der Waals surface area contributed by atoms with Crippen molar-refractivity contribution in [1.82, 2.24) is 5.32 Å². The van der Waals surface area contributed by atoms with E-state index in [4.69, 9.17) is 11.6 Å². The molecule has 0 aliphatic heterocycles. The van der Waals surface area contributed by atoms with Gasteiger partial charge in [0.25, 0.3) is 5.91 Å². The third kappa shape index (κ3) is 2.89. The molecule has 0 saturated heterocycles. The quantitative estimate of drug-likeness (QED) is 0.856. The lowest BCUT2D eigenvalue weighted by Crippen LogP contribution is -2.28. The van der Waals surface area contributed by atoms with Gasteiger partial charge < -0.3 is 10.6 Å². The number of carbonyl (C=O) groups is 1. The van der Waals surface area contributed by atoms with Crippen molar-refractivity contribution < 1.29 is 4.79 Å². The molecule has 0 spiro atoms. The Bertz CT molecular complexity index is 538. The van der Waals surface area contributed by atoms with Gasteiger partial charge in [-0.05, 0) is 41.9 Å². The molecule has 1 aliphatic rings. The van der Waals surface area contributed by atoms with Crippen molar-refractivity contribution in [3.63, 3.8) is 0 Å². The second kappa shape index (κ2) is 5.53. The number of amides is 1. The fraction of sp³-hybridized carbons (Fsp3) is 0.588. The van der Waals surface area contributed by atoms with E-state index in [1.54, 1.807) is 12.1 Å². The smallest absolute Gasteiger partial charge is 0.253 e. The minimum absolute atomic E-state index is 0.0630.